The van der Waals surface area contributed by atoms with Crippen LogP contribution in [0.1, 0.15) is 27.0 Å². The lowest BCUT2D eigenvalue weighted by molar-refractivity contribution is -0.137. The Hall–Kier alpha value is -2.98. The SMILES string of the molecule is COC(=O)c1cc(-c2cc(C)cc(CO)c2)nn(-c2cc(Br)ccc2C(F)(F)F)c1=O. The molecule has 0 aliphatic rings. The van der Waals surface area contributed by atoms with Crippen LogP contribution in [0, 0.1) is 6.92 Å². The largest absolute Gasteiger partial charge is 0.465 e. The molecule has 0 atom stereocenters. The van der Waals surface area contributed by atoms with Crippen LogP contribution in [0.15, 0.2) is 51.7 Å². The molecule has 3 aromatic rings. The van der Waals surface area contributed by atoms with Gasteiger partial charge >= 0.3 is 12.1 Å². The fraction of sp³-hybridized carbons (Fsp3) is 0.190. The topological polar surface area (TPSA) is 81.4 Å². The summed E-state index contributed by atoms with van der Waals surface area (Å²) in [5.41, 5.74) is -1.43. The monoisotopic (exact) mass is 496 g/mol. The summed E-state index contributed by atoms with van der Waals surface area (Å²) in [6, 6.07) is 9.21. The molecule has 0 fully saturated rings. The molecular weight excluding hydrogens is 481 g/mol. The number of halogens is 4. The van der Waals surface area contributed by atoms with Gasteiger partial charge in [0.15, 0.2) is 0 Å². The van der Waals surface area contributed by atoms with Crippen LogP contribution < -0.4 is 5.56 Å². The number of nitrogens with zero attached hydrogens (tertiary/aromatic N) is 2. The van der Waals surface area contributed by atoms with Crippen molar-refractivity contribution in [3.63, 3.8) is 0 Å². The summed E-state index contributed by atoms with van der Waals surface area (Å²) in [6.07, 6.45) is -4.77. The second-order valence-electron chi connectivity index (χ2n) is 6.68. The van der Waals surface area contributed by atoms with E-state index in [-0.39, 0.29) is 16.8 Å². The third kappa shape index (κ3) is 4.70. The van der Waals surface area contributed by atoms with Crippen LogP contribution in [0.25, 0.3) is 16.9 Å². The molecule has 0 saturated heterocycles. The molecule has 0 aliphatic carbocycles. The summed E-state index contributed by atoms with van der Waals surface area (Å²) in [7, 11) is 1.06. The van der Waals surface area contributed by atoms with Gasteiger partial charge in [0, 0.05) is 10.0 Å². The van der Waals surface area contributed by atoms with E-state index in [1.807, 2.05) is 0 Å². The highest BCUT2D eigenvalue weighted by atomic mass is 79.9. The molecule has 162 valence electrons. The minimum atomic E-state index is -4.77. The number of esters is 1. The summed E-state index contributed by atoms with van der Waals surface area (Å²) in [6.45, 7) is 1.48. The van der Waals surface area contributed by atoms with E-state index in [9.17, 15) is 27.9 Å². The summed E-state index contributed by atoms with van der Waals surface area (Å²) >= 11 is 3.11. The smallest absolute Gasteiger partial charge is 0.418 e. The first-order valence-electron chi connectivity index (χ1n) is 8.86. The number of hydrogen-bond donors (Lipinski definition) is 1. The summed E-state index contributed by atoms with van der Waals surface area (Å²) in [5.74, 6) is -1.01. The lowest BCUT2D eigenvalue weighted by atomic mass is 10.0. The van der Waals surface area contributed by atoms with E-state index in [1.165, 1.54) is 6.07 Å². The molecule has 10 heteroatoms. The molecule has 31 heavy (non-hydrogen) atoms. The van der Waals surface area contributed by atoms with Crippen LogP contribution in [0.4, 0.5) is 13.2 Å². The van der Waals surface area contributed by atoms with Crippen LogP contribution in [0.3, 0.4) is 0 Å². The third-order valence-electron chi connectivity index (χ3n) is 4.43. The lowest BCUT2D eigenvalue weighted by Gasteiger charge is -2.16. The summed E-state index contributed by atoms with van der Waals surface area (Å²) in [5, 5.41) is 13.6. The number of alkyl halides is 3. The minimum Gasteiger partial charge on any atom is -0.465 e. The number of carbonyl (C=O) groups excluding carboxylic acids is 1. The van der Waals surface area contributed by atoms with E-state index < -0.39 is 34.5 Å². The van der Waals surface area contributed by atoms with Crippen LogP contribution >= 0.6 is 15.9 Å². The maximum absolute atomic E-state index is 13.6. The maximum Gasteiger partial charge on any atom is 0.418 e. The predicted octanol–water partition coefficient (Wildman–Crippen LogP) is 4.27. The zero-order valence-corrected chi connectivity index (χ0v) is 17.9. The number of aryl methyl sites for hydroxylation is 1. The molecule has 1 aromatic heterocycles. The molecule has 2 aromatic carbocycles. The first-order valence-corrected chi connectivity index (χ1v) is 9.66. The van der Waals surface area contributed by atoms with Crippen molar-refractivity contribution in [2.75, 3.05) is 7.11 Å². The van der Waals surface area contributed by atoms with Crippen molar-refractivity contribution in [3.8, 4) is 16.9 Å². The van der Waals surface area contributed by atoms with Crippen LogP contribution in [-0.4, -0.2) is 28.0 Å². The summed E-state index contributed by atoms with van der Waals surface area (Å²) < 4.78 is 46.3. The van der Waals surface area contributed by atoms with Gasteiger partial charge in [-0.2, -0.15) is 23.0 Å². The Morgan fingerprint density at radius 3 is 2.52 bits per heavy atom. The number of benzene rings is 2. The molecule has 6 nitrogen and oxygen atoms in total. The van der Waals surface area contributed by atoms with Gasteiger partial charge in [-0.05, 0) is 48.9 Å². The van der Waals surface area contributed by atoms with Crippen molar-refractivity contribution in [1.29, 1.82) is 0 Å². The second-order valence-corrected chi connectivity index (χ2v) is 7.59. The minimum absolute atomic E-state index is 0.0616. The highest BCUT2D eigenvalue weighted by Gasteiger charge is 2.35. The number of aliphatic hydroxyl groups is 1. The zero-order chi connectivity index (χ0) is 22.9. The normalized spacial score (nSPS) is 11.5. The molecule has 1 heterocycles. The van der Waals surface area contributed by atoms with Crippen molar-refractivity contribution >= 4 is 21.9 Å². The Labute approximate surface area is 183 Å². The highest BCUT2D eigenvalue weighted by Crippen LogP contribution is 2.35. The number of aromatic nitrogens is 2. The fourth-order valence-electron chi connectivity index (χ4n) is 3.08. The second kappa shape index (κ2) is 8.64. The quantitative estimate of drug-likeness (QED) is 0.545. The van der Waals surface area contributed by atoms with E-state index in [0.29, 0.717) is 15.8 Å². The Kier molecular flexibility index (Phi) is 6.33. The summed E-state index contributed by atoms with van der Waals surface area (Å²) in [4.78, 5) is 25.1. The van der Waals surface area contributed by atoms with Gasteiger partial charge in [0.2, 0.25) is 0 Å². The van der Waals surface area contributed by atoms with E-state index in [1.54, 1.807) is 25.1 Å². The number of aliphatic hydroxyl groups excluding tert-OH is 1. The van der Waals surface area contributed by atoms with E-state index >= 15 is 0 Å². The van der Waals surface area contributed by atoms with Crippen molar-refractivity contribution < 1.29 is 27.8 Å². The van der Waals surface area contributed by atoms with E-state index in [0.717, 1.165) is 30.9 Å². The van der Waals surface area contributed by atoms with Gasteiger partial charge in [0.05, 0.1) is 30.7 Å². The number of ether oxygens (including phenoxy) is 1. The zero-order valence-electron chi connectivity index (χ0n) is 16.3. The van der Waals surface area contributed by atoms with Gasteiger partial charge in [0.1, 0.15) is 5.56 Å². The maximum atomic E-state index is 13.6. The molecule has 0 spiro atoms. The molecule has 0 aliphatic heterocycles. The number of carbonyl (C=O) groups is 1. The first kappa shape index (κ1) is 22.7. The fourth-order valence-corrected chi connectivity index (χ4v) is 3.43. The Bertz CT molecular complexity index is 1220. The molecule has 0 saturated carbocycles. The molecule has 0 bridgehead atoms. The molecular formula is C21H16BrF3N2O4. The standard InChI is InChI=1S/C21H16BrF3N2O4/c1-11-5-12(10-28)7-13(6-11)17-9-15(20(30)31-2)19(29)27(26-17)18-8-14(22)3-4-16(18)21(23,24)25/h3-9,28H,10H2,1-2H3. The Morgan fingerprint density at radius 1 is 1.19 bits per heavy atom. The molecule has 0 amide bonds. The Balaban J connectivity index is 2.39. The first-order chi connectivity index (χ1) is 14.5. The Morgan fingerprint density at radius 2 is 1.90 bits per heavy atom. The van der Waals surface area contributed by atoms with Crippen LogP contribution in [-0.2, 0) is 17.5 Å². The van der Waals surface area contributed by atoms with Crippen molar-refractivity contribution in [1.82, 2.24) is 9.78 Å². The molecule has 0 unspecified atom stereocenters. The van der Waals surface area contributed by atoms with Gasteiger partial charge in [-0.15, -0.1) is 0 Å². The van der Waals surface area contributed by atoms with Crippen molar-refractivity contribution in [2.45, 2.75) is 19.7 Å². The van der Waals surface area contributed by atoms with Gasteiger partial charge in [-0.1, -0.05) is 27.6 Å². The molecule has 0 radical (unpaired) electrons. The van der Waals surface area contributed by atoms with Crippen molar-refractivity contribution in [3.05, 3.63) is 79.5 Å². The van der Waals surface area contributed by atoms with E-state index in [4.69, 9.17) is 0 Å². The number of rotatable bonds is 4. The number of methoxy groups -OCH3 is 1. The molecule has 3 rings (SSSR count). The van der Waals surface area contributed by atoms with Gasteiger partial charge < -0.3 is 9.84 Å². The van der Waals surface area contributed by atoms with Crippen LogP contribution in [0.2, 0.25) is 0 Å². The average molecular weight is 497 g/mol. The lowest BCUT2D eigenvalue weighted by Crippen LogP contribution is -2.30. The van der Waals surface area contributed by atoms with Gasteiger partial charge in [0.25, 0.3) is 5.56 Å². The van der Waals surface area contributed by atoms with Gasteiger partial charge in [-0.25, -0.2) is 4.79 Å². The van der Waals surface area contributed by atoms with E-state index in [2.05, 4.69) is 25.8 Å². The van der Waals surface area contributed by atoms with Crippen LogP contribution in [0.5, 0.6) is 0 Å². The van der Waals surface area contributed by atoms with Gasteiger partial charge in [-0.3, -0.25) is 4.79 Å². The molecule has 1 N–H and O–H groups in total. The average Bonchev–Trinajstić information content (AvgIpc) is 2.71. The number of hydrogen-bond acceptors (Lipinski definition) is 5. The third-order valence-corrected chi connectivity index (χ3v) is 4.92. The predicted molar refractivity (Wildman–Crippen MR) is 110 cm³/mol. The van der Waals surface area contributed by atoms with Crippen molar-refractivity contribution in [2.24, 2.45) is 0 Å². The highest BCUT2D eigenvalue weighted by molar-refractivity contribution is 9.10.